The van der Waals surface area contributed by atoms with Gasteiger partial charge in [0, 0.05) is 19.2 Å². The van der Waals surface area contributed by atoms with Gasteiger partial charge in [0.25, 0.3) is 5.91 Å². The molecule has 0 spiro atoms. The van der Waals surface area contributed by atoms with E-state index >= 15 is 0 Å². The molecule has 0 fully saturated rings. The van der Waals surface area contributed by atoms with Crippen LogP contribution in [0.2, 0.25) is 0 Å². The van der Waals surface area contributed by atoms with Crippen molar-refractivity contribution in [1.82, 2.24) is 9.29 Å². The number of nitrogens with zero attached hydrogens (tertiary/aromatic N) is 2. The molecule has 0 saturated carbocycles. The van der Waals surface area contributed by atoms with Crippen LogP contribution in [0, 0.1) is 0 Å². The van der Waals surface area contributed by atoms with Crippen LogP contribution in [0.3, 0.4) is 0 Å². The van der Waals surface area contributed by atoms with Crippen LogP contribution in [0.25, 0.3) is 10.6 Å². The lowest BCUT2D eigenvalue weighted by Crippen LogP contribution is -2.28. The van der Waals surface area contributed by atoms with Gasteiger partial charge in [-0.2, -0.15) is 0 Å². The van der Waals surface area contributed by atoms with Crippen molar-refractivity contribution in [2.24, 2.45) is 0 Å². The maximum Gasteiger partial charge on any atom is 0.256 e. The molecule has 2 aromatic carbocycles. The Morgan fingerprint density at radius 2 is 1.85 bits per heavy atom. The van der Waals surface area contributed by atoms with Crippen LogP contribution in [0.4, 0.5) is 5.00 Å². The number of anilines is 1. The Morgan fingerprint density at radius 1 is 1.12 bits per heavy atom. The first-order valence-electron chi connectivity index (χ1n) is 10.4. The summed E-state index contributed by atoms with van der Waals surface area (Å²) in [6.45, 7) is 2.46. The van der Waals surface area contributed by atoms with Gasteiger partial charge < -0.3 is 14.8 Å². The molecule has 1 heterocycles. The highest BCUT2D eigenvalue weighted by atomic mass is 32.2. The van der Waals surface area contributed by atoms with Crippen LogP contribution in [0.15, 0.2) is 53.6 Å². The highest BCUT2D eigenvalue weighted by Crippen LogP contribution is 2.37. The van der Waals surface area contributed by atoms with E-state index < -0.39 is 10.0 Å². The van der Waals surface area contributed by atoms with Crippen LogP contribution in [-0.4, -0.2) is 51.4 Å². The van der Waals surface area contributed by atoms with Crippen LogP contribution in [-0.2, 0) is 10.0 Å². The molecule has 0 radical (unpaired) electrons. The SMILES string of the molecule is CCCCN(C)S(=O)(=O)c1ccc(C(=O)Nc2cnc(-c3cc(OC)ccc3OC)s2)cc1. The Labute approximate surface area is 198 Å². The van der Waals surface area contributed by atoms with Crippen molar-refractivity contribution in [3.05, 3.63) is 54.2 Å². The third kappa shape index (κ3) is 5.70. The van der Waals surface area contributed by atoms with Crippen LogP contribution >= 0.6 is 11.3 Å². The molecule has 3 aromatic rings. The predicted octanol–water partition coefficient (Wildman–Crippen LogP) is 4.50. The van der Waals surface area contributed by atoms with Gasteiger partial charge in [0.05, 0.1) is 30.9 Å². The lowest BCUT2D eigenvalue weighted by molar-refractivity contribution is 0.102. The van der Waals surface area contributed by atoms with E-state index in [1.54, 1.807) is 39.6 Å². The lowest BCUT2D eigenvalue weighted by atomic mass is 10.2. The molecule has 0 aliphatic rings. The molecule has 1 amide bonds. The minimum absolute atomic E-state index is 0.155. The summed E-state index contributed by atoms with van der Waals surface area (Å²) >= 11 is 1.30. The number of nitrogens with one attached hydrogen (secondary N) is 1. The minimum atomic E-state index is -3.58. The van der Waals surface area contributed by atoms with Crippen molar-refractivity contribution >= 4 is 32.3 Å². The molecule has 10 heteroatoms. The van der Waals surface area contributed by atoms with Crippen molar-refractivity contribution in [1.29, 1.82) is 0 Å². The second-order valence-electron chi connectivity index (χ2n) is 7.25. The van der Waals surface area contributed by atoms with Crippen molar-refractivity contribution in [2.75, 3.05) is 33.1 Å². The molecule has 0 saturated heterocycles. The molecule has 0 bridgehead atoms. The Bertz CT molecular complexity index is 1210. The molecule has 1 N–H and O–H groups in total. The lowest BCUT2D eigenvalue weighted by Gasteiger charge is -2.16. The largest absolute Gasteiger partial charge is 0.497 e. The van der Waals surface area contributed by atoms with E-state index in [0.717, 1.165) is 18.4 Å². The smallest absolute Gasteiger partial charge is 0.256 e. The summed E-state index contributed by atoms with van der Waals surface area (Å²) < 4.78 is 37.3. The van der Waals surface area contributed by atoms with Gasteiger partial charge in [0.15, 0.2) is 0 Å². The maximum atomic E-state index is 12.7. The quantitative estimate of drug-likeness (QED) is 0.450. The zero-order valence-electron chi connectivity index (χ0n) is 19.0. The molecule has 0 unspecified atom stereocenters. The van der Waals surface area contributed by atoms with Crippen molar-refractivity contribution < 1.29 is 22.7 Å². The normalized spacial score (nSPS) is 11.4. The third-order valence-corrected chi connectivity index (χ3v) is 7.85. The second kappa shape index (κ2) is 10.8. The third-order valence-electron chi connectivity index (χ3n) is 5.03. The average molecular weight is 490 g/mol. The summed E-state index contributed by atoms with van der Waals surface area (Å²) in [6.07, 6.45) is 3.26. The monoisotopic (exact) mass is 489 g/mol. The van der Waals surface area contributed by atoms with Crippen molar-refractivity contribution in [3.8, 4) is 22.1 Å². The van der Waals surface area contributed by atoms with Gasteiger partial charge in [-0.05, 0) is 48.9 Å². The molecule has 8 nitrogen and oxygen atoms in total. The number of aromatic nitrogens is 1. The van der Waals surface area contributed by atoms with Gasteiger partial charge in [0.2, 0.25) is 10.0 Å². The topological polar surface area (TPSA) is 97.8 Å². The van der Waals surface area contributed by atoms with Gasteiger partial charge in [-0.25, -0.2) is 17.7 Å². The second-order valence-corrected chi connectivity index (χ2v) is 10.3. The standard InChI is InChI=1S/C23H27N3O5S2/c1-5-6-13-26(2)33(28,29)18-10-7-16(8-11-18)22(27)25-21-15-24-23(32-21)19-14-17(30-3)9-12-20(19)31-4/h7-12,14-15H,5-6,13H2,1-4H3,(H,25,27). The fourth-order valence-electron chi connectivity index (χ4n) is 3.08. The highest BCUT2D eigenvalue weighted by molar-refractivity contribution is 7.89. The number of carbonyl (C=O) groups is 1. The first kappa shape index (κ1) is 24.7. The first-order valence-corrected chi connectivity index (χ1v) is 12.6. The van der Waals surface area contributed by atoms with Crippen molar-refractivity contribution in [3.63, 3.8) is 0 Å². The van der Waals surface area contributed by atoms with Gasteiger partial charge in [-0.1, -0.05) is 24.7 Å². The molecule has 0 atom stereocenters. The summed E-state index contributed by atoms with van der Waals surface area (Å²) in [7, 11) is 1.14. The zero-order chi connectivity index (χ0) is 24.0. The fourth-order valence-corrected chi connectivity index (χ4v) is 5.12. The van der Waals surface area contributed by atoms with Gasteiger partial charge in [0.1, 0.15) is 21.5 Å². The van der Waals surface area contributed by atoms with E-state index in [9.17, 15) is 13.2 Å². The van der Waals surface area contributed by atoms with Gasteiger partial charge in [-0.15, -0.1) is 0 Å². The fraction of sp³-hybridized carbons (Fsp3) is 0.304. The molecule has 1 aromatic heterocycles. The Kier molecular flexibility index (Phi) is 8.06. The van der Waals surface area contributed by atoms with E-state index in [2.05, 4.69) is 10.3 Å². The van der Waals surface area contributed by atoms with E-state index in [0.29, 0.717) is 33.6 Å². The molecular weight excluding hydrogens is 462 g/mol. The number of unbranched alkanes of at least 4 members (excludes halogenated alkanes) is 1. The summed E-state index contributed by atoms with van der Waals surface area (Å²) in [6, 6.07) is 11.3. The number of hydrogen-bond acceptors (Lipinski definition) is 7. The van der Waals surface area contributed by atoms with E-state index in [-0.39, 0.29) is 10.8 Å². The highest BCUT2D eigenvalue weighted by Gasteiger charge is 2.21. The Morgan fingerprint density at radius 3 is 2.48 bits per heavy atom. The van der Waals surface area contributed by atoms with E-state index in [4.69, 9.17) is 9.47 Å². The number of methoxy groups -OCH3 is 2. The average Bonchev–Trinajstić information content (AvgIpc) is 3.30. The number of carbonyl (C=O) groups excluding carboxylic acids is 1. The summed E-state index contributed by atoms with van der Waals surface area (Å²) in [4.78, 5) is 17.2. The first-order chi connectivity index (χ1) is 15.8. The van der Waals surface area contributed by atoms with Crippen LogP contribution in [0.1, 0.15) is 30.1 Å². The van der Waals surface area contributed by atoms with E-state index in [1.165, 1.54) is 39.9 Å². The molecule has 0 aliphatic carbocycles. The van der Waals surface area contributed by atoms with Gasteiger partial charge in [-0.3, -0.25) is 4.79 Å². The van der Waals surface area contributed by atoms with E-state index in [1.807, 2.05) is 13.0 Å². The summed E-state index contributed by atoms with van der Waals surface area (Å²) in [5.74, 6) is 0.955. The van der Waals surface area contributed by atoms with Crippen LogP contribution in [0.5, 0.6) is 11.5 Å². The number of ether oxygens (including phenoxy) is 2. The number of hydrogen-bond donors (Lipinski definition) is 1. The molecule has 33 heavy (non-hydrogen) atoms. The van der Waals surface area contributed by atoms with Gasteiger partial charge >= 0.3 is 0 Å². The summed E-state index contributed by atoms with van der Waals surface area (Å²) in [5.41, 5.74) is 1.10. The maximum absolute atomic E-state index is 12.7. The molecule has 0 aliphatic heterocycles. The number of sulfonamides is 1. The number of benzene rings is 2. The number of amides is 1. The number of thiazole rings is 1. The van der Waals surface area contributed by atoms with Crippen LogP contribution < -0.4 is 14.8 Å². The summed E-state index contributed by atoms with van der Waals surface area (Å²) in [5, 5.41) is 4.02. The zero-order valence-corrected chi connectivity index (χ0v) is 20.6. The Balaban J connectivity index is 1.74. The number of rotatable bonds is 10. The predicted molar refractivity (Wildman–Crippen MR) is 130 cm³/mol. The molecule has 3 rings (SSSR count). The molecular formula is C23H27N3O5S2. The minimum Gasteiger partial charge on any atom is -0.497 e. The Hall–Kier alpha value is -2.95. The van der Waals surface area contributed by atoms with Crippen molar-refractivity contribution in [2.45, 2.75) is 24.7 Å². The molecule has 176 valence electrons.